The molecule has 0 aliphatic carbocycles. The van der Waals surface area contributed by atoms with E-state index < -0.39 is 0 Å². The molecule has 0 aliphatic heterocycles. The van der Waals surface area contributed by atoms with Crippen LogP contribution in [0.15, 0.2) is 53.0 Å². The van der Waals surface area contributed by atoms with Gasteiger partial charge in [-0.3, -0.25) is 9.89 Å². The van der Waals surface area contributed by atoms with Crippen LogP contribution in [0.3, 0.4) is 0 Å². The van der Waals surface area contributed by atoms with Gasteiger partial charge in [0.2, 0.25) is 11.1 Å². The Morgan fingerprint density at radius 3 is 2.91 bits per heavy atom. The number of ether oxygens (including phenoxy) is 1. The molecule has 0 unspecified atom stereocenters. The van der Waals surface area contributed by atoms with E-state index in [2.05, 4.69) is 25.5 Å². The Kier molecular flexibility index (Phi) is 7.09. The Morgan fingerprint density at radius 1 is 1.25 bits per heavy atom. The van der Waals surface area contributed by atoms with E-state index >= 15 is 0 Å². The summed E-state index contributed by atoms with van der Waals surface area (Å²) in [6.07, 6.45) is 0.239. The summed E-state index contributed by atoms with van der Waals surface area (Å²) in [5, 5.41) is 14.0. The minimum absolute atomic E-state index is 0.0815. The fourth-order valence-electron chi connectivity index (χ4n) is 2.98. The molecular formula is C22H20ClN5O2S2. The SMILES string of the molecule is COc1ccc(Cl)cc1-c1nc(SCc2csc(CC(=O)Nc3ccccc3C)n2)n[nH]1. The Bertz CT molecular complexity index is 1240. The molecule has 0 saturated carbocycles. The Balaban J connectivity index is 1.34. The number of halogens is 1. The molecule has 0 fully saturated rings. The van der Waals surface area contributed by atoms with Crippen molar-refractivity contribution in [2.45, 2.75) is 24.3 Å². The monoisotopic (exact) mass is 485 g/mol. The number of methoxy groups -OCH3 is 1. The predicted molar refractivity (Wildman–Crippen MR) is 129 cm³/mol. The number of nitrogens with one attached hydrogen (secondary N) is 2. The van der Waals surface area contributed by atoms with Crippen LogP contribution in [0.4, 0.5) is 5.69 Å². The van der Waals surface area contributed by atoms with Crippen molar-refractivity contribution >= 4 is 46.3 Å². The number of H-pyrrole nitrogens is 1. The topological polar surface area (TPSA) is 92.8 Å². The fraction of sp³-hybridized carbons (Fsp3) is 0.182. The first-order chi connectivity index (χ1) is 15.5. The lowest BCUT2D eigenvalue weighted by atomic mass is 10.2. The number of hydrogen-bond acceptors (Lipinski definition) is 7. The summed E-state index contributed by atoms with van der Waals surface area (Å²) >= 11 is 9.04. The second kappa shape index (κ2) is 10.2. The lowest BCUT2D eigenvalue weighted by molar-refractivity contribution is -0.115. The van der Waals surface area contributed by atoms with E-state index in [0.717, 1.165) is 27.5 Å². The Morgan fingerprint density at radius 2 is 2.09 bits per heavy atom. The highest BCUT2D eigenvalue weighted by atomic mass is 35.5. The van der Waals surface area contributed by atoms with E-state index in [1.165, 1.54) is 23.1 Å². The van der Waals surface area contributed by atoms with Gasteiger partial charge in [0.25, 0.3) is 0 Å². The highest BCUT2D eigenvalue weighted by Gasteiger charge is 2.14. The standard InChI is InChI=1S/C22H20ClN5O2S2/c1-13-5-3-4-6-17(13)25-19(29)10-20-24-15(11-31-20)12-32-22-26-21(27-28-22)16-9-14(23)7-8-18(16)30-2/h3-9,11H,10,12H2,1-2H3,(H,25,29)(H,26,27,28). The Labute approximate surface area is 198 Å². The molecule has 10 heteroatoms. The van der Waals surface area contributed by atoms with Crippen LogP contribution in [0.5, 0.6) is 5.75 Å². The van der Waals surface area contributed by atoms with Crippen LogP contribution in [-0.2, 0) is 17.0 Å². The first kappa shape index (κ1) is 22.3. The summed E-state index contributed by atoms with van der Waals surface area (Å²) in [4.78, 5) is 21.4. The summed E-state index contributed by atoms with van der Waals surface area (Å²) < 4.78 is 5.38. The summed E-state index contributed by atoms with van der Waals surface area (Å²) in [6, 6.07) is 13.0. The van der Waals surface area contributed by atoms with E-state index in [4.69, 9.17) is 16.3 Å². The van der Waals surface area contributed by atoms with Gasteiger partial charge in [0.1, 0.15) is 10.8 Å². The molecule has 2 N–H and O–H groups in total. The number of aromatic nitrogens is 4. The van der Waals surface area contributed by atoms with Gasteiger partial charge in [0.15, 0.2) is 5.82 Å². The van der Waals surface area contributed by atoms with E-state index in [9.17, 15) is 4.79 Å². The molecular weight excluding hydrogens is 466 g/mol. The fourth-order valence-corrected chi connectivity index (χ4v) is 4.74. The maximum atomic E-state index is 12.3. The van der Waals surface area contributed by atoms with Crippen LogP contribution in [-0.4, -0.2) is 33.2 Å². The van der Waals surface area contributed by atoms with Crippen molar-refractivity contribution in [3.63, 3.8) is 0 Å². The average molecular weight is 486 g/mol. The molecule has 164 valence electrons. The van der Waals surface area contributed by atoms with Crippen LogP contribution in [0.2, 0.25) is 5.02 Å². The van der Waals surface area contributed by atoms with Crippen LogP contribution in [0, 0.1) is 6.92 Å². The second-order valence-corrected chi connectivity index (χ2v) is 9.19. The molecule has 0 saturated heterocycles. The number of para-hydroxylation sites is 1. The Hall–Kier alpha value is -2.88. The van der Waals surface area contributed by atoms with Gasteiger partial charge >= 0.3 is 0 Å². The maximum absolute atomic E-state index is 12.3. The molecule has 0 atom stereocenters. The van der Waals surface area contributed by atoms with Crippen LogP contribution >= 0.6 is 34.7 Å². The molecule has 0 aliphatic rings. The zero-order valence-electron chi connectivity index (χ0n) is 17.4. The second-order valence-electron chi connectivity index (χ2n) is 6.87. The highest BCUT2D eigenvalue weighted by molar-refractivity contribution is 7.98. The molecule has 4 rings (SSSR count). The summed E-state index contributed by atoms with van der Waals surface area (Å²) in [7, 11) is 1.60. The number of anilines is 1. The van der Waals surface area contributed by atoms with Gasteiger partial charge < -0.3 is 10.1 Å². The molecule has 0 bridgehead atoms. The highest BCUT2D eigenvalue weighted by Crippen LogP contribution is 2.31. The van der Waals surface area contributed by atoms with E-state index in [0.29, 0.717) is 27.5 Å². The van der Waals surface area contributed by atoms with Gasteiger partial charge in [-0.2, -0.15) is 0 Å². The van der Waals surface area contributed by atoms with Crippen LogP contribution in [0.25, 0.3) is 11.4 Å². The first-order valence-electron chi connectivity index (χ1n) is 9.69. The normalized spacial score (nSPS) is 10.8. The van der Waals surface area contributed by atoms with E-state index in [1.807, 2.05) is 36.6 Å². The number of benzene rings is 2. The number of aromatic amines is 1. The summed E-state index contributed by atoms with van der Waals surface area (Å²) in [6.45, 7) is 1.96. The van der Waals surface area contributed by atoms with E-state index in [-0.39, 0.29) is 12.3 Å². The predicted octanol–water partition coefficient (Wildman–Crippen LogP) is 5.37. The summed E-state index contributed by atoms with van der Waals surface area (Å²) in [5.74, 6) is 1.76. The minimum Gasteiger partial charge on any atom is -0.496 e. The number of thiazole rings is 1. The number of carbonyl (C=O) groups excluding carboxylic acids is 1. The largest absolute Gasteiger partial charge is 0.496 e. The molecule has 7 nitrogen and oxygen atoms in total. The number of amides is 1. The van der Waals surface area contributed by atoms with Crippen molar-refractivity contribution in [2.75, 3.05) is 12.4 Å². The molecule has 1 amide bonds. The number of hydrogen-bond donors (Lipinski definition) is 2. The quantitative estimate of drug-likeness (QED) is 0.326. The zero-order valence-corrected chi connectivity index (χ0v) is 19.8. The van der Waals surface area contributed by atoms with Crippen LogP contribution < -0.4 is 10.1 Å². The van der Waals surface area contributed by atoms with Crippen molar-refractivity contribution in [1.29, 1.82) is 0 Å². The summed E-state index contributed by atoms with van der Waals surface area (Å²) in [5.41, 5.74) is 3.47. The van der Waals surface area contributed by atoms with Crippen LogP contribution in [0.1, 0.15) is 16.3 Å². The molecule has 0 spiro atoms. The van der Waals surface area contributed by atoms with Gasteiger partial charge in [-0.05, 0) is 36.8 Å². The maximum Gasteiger partial charge on any atom is 0.231 e. The zero-order chi connectivity index (χ0) is 22.5. The van der Waals surface area contributed by atoms with Gasteiger partial charge in [-0.25, -0.2) is 9.97 Å². The minimum atomic E-state index is -0.0815. The third-order valence-corrected chi connectivity index (χ3v) is 6.57. The lowest BCUT2D eigenvalue weighted by Gasteiger charge is -2.06. The number of thioether (sulfide) groups is 1. The van der Waals surface area contributed by atoms with Gasteiger partial charge in [0.05, 0.1) is 24.8 Å². The first-order valence-corrected chi connectivity index (χ1v) is 11.9. The smallest absolute Gasteiger partial charge is 0.231 e. The average Bonchev–Trinajstić information content (AvgIpc) is 3.43. The van der Waals surface area contributed by atoms with Crippen molar-refractivity contribution in [3.8, 4) is 17.1 Å². The molecule has 4 aromatic rings. The lowest BCUT2D eigenvalue weighted by Crippen LogP contribution is -2.15. The molecule has 32 heavy (non-hydrogen) atoms. The van der Waals surface area contributed by atoms with E-state index in [1.54, 1.807) is 25.3 Å². The molecule has 0 radical (unpaired) electrons. The number of nitrogens with zero attached hydrogens (tertiary/aromatic N) is 3. The number of aryl methyl sites for hydroxylation is 1. The number of carbonyl (C=O) groups is 1. The van der Waals surface area contributed by atoms with Gasteiger partial charge in [0, 0.05) is 21.8 Å². The molecule has 2 heterocycles. The molecule has 2 aromatic heterocycles. The van der Waals surface area contributed by atoms with Crippen molar-refractivity contribution < 1.29 is 9.53 Å². The van der Waals surface area contributed by atoms with Gasteiger partial charge in [-0.1, -0.05) is 41.6 Å². The van der Waals surface area contributed by atoms with Crippen molar-refractivity contribution in [3.05, 3.63) is 69.1 Å². The van der Waals surface area contributed by atoms with Gasteiger partial charge in [-0.15, -0.1) is 16.4 Å². The third kappa shape index (κ3) is 5.48. The molecule has 2 aromatic carbocycles. The number of rotatable bonds is 8. The third-order valence-electron chi connectivity index (χ3n) is 4.56. The van der Waals surface area contributed by atoms with Crippen molar-refractivity contribution in [1.82, 2.24) is 20.2 Å². The van der Waals surface area contributed by atoms with Crippen molar-refractivity contribution in [2.24, 2.45) is 0 Å².